The van der Waals surface area contributed by atoms with Crippen LogP contribution in [-0.4, -0.2) is 37.6 Å². The first kappa shape index (κ1) is 13.9. The average molecular weight is 299 g/mol. The van der Waals surface area contributed by atoms with E-state index in [0.29, 0.717) is 13.0 Å². The van der Waals surface area contributed by atoms with E-state index in [-0.39, 0.29) is 18.3 Å². The number of benzene rings is 1. The summed E-state index contributed by atoms with van der Waals surface area (Å²) in [6.45, 7) is 0.492. The molecule has 0 radical (unpaired) electrons. The predicted molar refractivity (Wildman–Crippen MR) is 78.2 cm³/mol. The monoisotopic (exact) mass is 299 g/mol. The second-order valence-corrected chi connectivity index (χ2v) is 4.84. The summed E-state index contributed by atoms with van der Waals surface area (Å²) in [6, 6.07) is 9.67. The Morgan fingerprint density at radius 1 is 1.32 bits per heavy atom. The van der Waals surface area contributed by atoms with Crippen molar-refractivity contribution in [2.24, 2.45) is 5.10 Å². The summed E-state index contributed by atoms with van der Waals surface area (Å²) in [4.78, 5) is 25.8. The van der Waals surface area contributed by atoms with E-state index < -0.39 is 4.92 Å². The van der Waals surface area contributed by atoms with Gasteiger partial charge in [0, 0.05) is 6.42 Å². The Balaban J connectivity index is 1.68. The van der Waals surface area contributed by atoms with Gasteiger partial charge in [-0.15, -0.1) is 0 Å². The first-order chi connectivity index (χ1) is 10.6. The Morgan fingerprint density at radius 2 is 2.09 bits per heavy atom. The highest BCUT2D eigenvalue weighted by Crippen LogP contribution is 2.14. The van der Waals surface area contributed by atoms with E-state index in [1.54, 1.807) is 0 Å². The number of nitrogens with zero attached hydrogens (tertiary/aromatic N) is 5. The van der Waals surface area contributed by atoms with Crippen molar-refractivity contribution in [1.82, 2.24) is 14.6 Å². The maximum Gasteiger partial charge on any atom is 0.381 e. The van der Waals surface area contributed by atoms with Crippen molar-refractivity contribution in [2.45, 2.75) is 13.0 Å². The normalized spacial score (nSPS) is 14.0. The van der Waals surface area contributed by atoms with E-state index in [0.717, 1.165) is 11.3 Å². The fourth-order valence-corrected chi connectivity index (χ4v) is 2.24. The molecule has 2 heterocycles. The van der Waals surface area contributed by atoms with Gasteiger partial charge in [-0.25, -0.2) is 5.01 Å². The van der Waals surface area contributed by atoms with Gasteiger partial charge in [-0.2, -0.15) is 5.10 Å². The molecule has 8 nitrogen and oxygen atoms in total. The standard InChI is InChI=1S/C14H13N5O3/c20-14(9-17-8-13(15-10-17)19(21)22)18-7-6-12(16-18)11-4-2-1-3-5-11/h1-5,8,10H,6-7,9H2. The maximum atomic E-state index is 12.2. The number of aromatic nitrogens is 2. The minimum atomic E-state index is -0.595. The van der Waals surface area contributed by atoms with Crippen LogP contribution in [0.15, 0.2) is 48.0 Å². The van der Waals surface area contributed by atoms with Gasteiger partial charge in [-0.3, -0.25) is 4.79 Å². The molecule has 1 aromatic heterocycles. The van der Waals surface area contributed by atoms with Gasteiger partial charge in [-0.05, 0) is 15.5 Å². The highest BCUT2D eigenvalue weighted by molar-refractivity contribution is 6.02. The summed E-state index contributed by atoms with van der Waals surface area (Å²) in [5, 5.41) is 16.3. The lowest BCUT2D eigenvalue weighted by molar-refractivity contribution is -0.389. The fourth-order valence-electron chi connectivity index (χ4n) is 2.24. The van der Waals surface area contributed by atoms with Crippen molar-refractivity contribution in [3.05, 3.63) is 58.5 Å². The molecule has 0 bridgehead atoms. The van der Waals surface area contributed by atoms with Gasteiger partial charge in [0.2, 0.25) is 6.33 Å². The first-order valence-electron chi connectivity index (χ1n) is 6.73. The molecular formula is C14H13N5O3. The number of hydrogen-bond acceptors (Lipinski definition) is 5. The number of amides is 1. The van der Waals surface area contributed by atoms with Crippen LogP contribution >= 0.6 is 0 Å². The zero-order chi connectivity index (χ0) is 15.5. The van der Waals surface area contributed by atoms with E-state index in [9.17, 15) is 14.9 Å². The second kappa shape index (κ2) is 5.76. The molecule has 1 aliphatic heterocycles. The summed E-state index contributed by atoms with van der Waals surface area (Å²) in [6.07, 6.45) is 3.20. The van der Waals surface area contributed by atoms with Crippen LogP contribution in [0.4, 0.5) is 5.82 Å². The van der Waals surface area contributed by atoms with Crippen LogP contribution in [-0.2, 0) is 11.3 Å². The summed E-state index contributed by atoms with van der Waals surface area (Å²) in [5.41, 5.74) is 1.86. The number of hydrazone groups is 1. The van der Waals surface area contributed by atoms with Gasteiger partial charge in [0.1, 0.15) is 12.7 Å². The lowest BCUT2D eigenvalue weighted by Gasteiger charge is -2.10. The highest BCUT2D eigenvalue weighted by atomic mass is 16.6. The third kappa shape index (κ3) is 2.85. The third-order valence-electron chi connectivity index (χ3n) is 3.32. The lowest BCUT2D eigenvalue weighted by atomic mass is 10.1. The molecule has 112 valence electrons. The van der Waals surface area contributed by atoms with Crippen molar-refractivity contribution in [3.63, 3.8) is 0 Å². The van der Waals surface area contributed by atoms with E-state index >= 15 is 0 Å². The zero-order valence-corrected chi connectivity index (χ0v) is 11.6. The van der Waals surface area contributed by atoms with Crippen LogP contribution in [0.2, 0.25) is 0 Å². The third-order valence-corrected chi connectivity index (χ3v) is 3.32. The smallest absolute Gasteiger partial charge is 0.358 e. The van der Waals surface area contributed by atoms with E-state index in [4.69, 9.17) is 0 Å². The second-order valence-electron chi connectivity index (χ2n) is 4.84. The highest BCUT2D eigenvalue weighted by Gasteiger charge is 2.22. The largest absolute Gasteiger partial charge is 0.381 e. The molecule has 3 rings (SSSR count). The molecule has 1 aliphatic rings. The topological polar surface area (TPSA) is 93.6 Å². The lowest BCUT2D eigenvalue weighted by Crippen LogP contribution is -2.27. The molecule has 22 heavy (non-hydrogen) atoms. The van der Waals surface area contributed by atoms with Crippen LogP contribution in [0.25, 0.3) is 0 Å². The molecule has 0 atom stereocenters. The minimum absolute atomic E-state index is 0.0214. The molecular weight excluding hydrogens is 286 g/mol. The number of rotatable bonds is 4. The van der Waals surface area contributed by atoms with E-state index in [1.165, 1.54) is 22.1 Å². The molecule has 0 spiro atoms. The predicted octanol–water partition coefficient (Wildman–Crippen LogP) is 1.43. The number of imidazole rings is 1. The molecule has 1 amide bonds. The summed E-state index contributed by atoms with van der Waals surface area (Å²) < 4.78 is 1.39. The van der Waals surface area contributed by atoms with Crippen molar-refractivity contribution >= 4 is 17.4 Å². The van der Waals surface area contributed by atoms with Gasteiger partial charge < -0.3 is 14.7 Å². The molecule has 0 unspecified atom stereocenters. The van der Waals surface area contributed by atoms with Crippen molar-refractivity contribution in [3.8, 4) is 0 Å². The Kier molecular flexibility index (Phi) is 3.65. The average Bonchev–Trinajstić information content (AvgIpc) is 3.17. The number of carbonyl (C=O) groups is 1. The first-order valence-corrected chi connectivity index (χ1v) is 6.73. The molecule has 0 aliphatic carbocycles. The van der Waals surface area contributed by atoms with Crippen molar-refractivity contribution in [1.29, 1.82) is 0 Å². The van der Waals surface area contributed by atoms with Crippen LogP contribution in [0, 0.1) is 10.1 Å². The van der Waals surface area contributed by atoms with Crippen LogP contribution in [0.3, 0.4) is 0 Å². The number of hydrogen-bond donors (Lipinski definition) is 0. The molecule has 0 N–H and O–H groups in total. The number of carbonyl (C=O) groups excluding carboxylic acids is 1. The Hall–Kier alpha value is -3.03. The Labute approximate surface area is 125 Å². The van der Waals surface area contributed by atoms with Crippen LogP contribution in [0.5, 0.6) is 0 Å². The van der Waals surface area contributed by atoms with Crippen molar-refractivity contribution < 1.29 is 9.72 Å². The molecule has 0 saturated heterocycles. The van der Waals surface area contributed by atoms with Gasteiger partial charge in [0.05, 0.1) is 12.3 Å². The SMILES string of the molecule is O=C(Cn1cnc([N+](=O)[O-])c1)N1CCC(c2ccccc2)=N1. The molecule has 0 saturated carbocycles. The summed E-state index contributed by atoms with van der Waals surface area (Å²) >= 11 is 0. The van der Waals surface area contributed by atoms with Gasteiger partial charge in [-0.1, -0.05) is 30.3 Å². The summed E-state index contributed by atoms with van der Waals surface area (Å²) in [5.74, 6) is -0.499. The van der Waals surface area contributed by atoms with Gasteiger partial charge in [0.25, 0.3) is 5.91 Å². The molecule has 0 fully saturated rings. The quantitative estimate of drug-likeness (QED) is 0.630. The Bertz CT molecular complexity index is 738. The molecule has 1 aromatic carbocycles. The van der Waals surface area contributed by atoms with Crippen LogP contribution < -0.4 is 0 Å². The minimum Gasteiger partial charge on any atom is -0.358 e. The maximum absolute atomic E-state index is 12.2. The number of nitro groups is 1. The van der Waals surface area contributed by atoms with E-state index in [1.807, 2.05) is 30.3 Å². The zero-order valence-electron chi connectivity index (χ0n) is 11.6. The molecule has 8 heteroatoms. The van der Waals surface area contributed by atoms with Gasteiger partial charge in [0.15, 0.2) is 0 Å². The molecule has 2 aromatic rings. The fraction of sp³-hybridized carbons (Fsp3) is 0.214. The van der Waals surface area contributed by atoms with E-state index in [2.05, 4.69) is 10.1 Å². The van der Waals surface area contributed by atoms with Crippen LogP contribution in [0.1, 0.15) is 12.0 Å². The van der Waals surface area contributed by atoms with Gasteiger partial charge >= 0.3 is 5.82 Å². The Morgan fingerprint density at radius 3 is 2.77 bits per heavy atom. The summed E-state index contributed by atoms with van der Waals surface area (Å²) in [7, 11) is 0. The van der Waals surface area contributed by atoms with Crippen molar-refractivity contribution in [2.75, 3.05) is 6.54 Å².